The van der Waals surface area contributed by atoms with Gasteiger partial charge in [-0.25, -0.2) is 18.0 Å². The third kappa shape index (κ3) is 6.10. The van der Waals surface area contributed by atoms with Crippen LogP contribution in [-0.2, 0) is 14.8 Å². The van der Waals surface area contributed by atoms with Crippen molar-refractivity contribution in [1.29, 1.82) is 0 Å². The second-order valence-corrected chi connectivity index (χ2v) is 8.93. The highest BCUT2D eigenvalue weighted by Gasteiger charge is 2.38. The molecule has 1 aliphatic rings. The van der Waals surface area contributed by atoms with Gasteiger partial charge in [-0.1, -0.05) is 6.07 Å². The zero-order valence-electron chi connectivity index (χ0n) is 15.2. The number of aromatic carboxylic acids is 1. The second-order valence-electron chi connectivity index (χ2n) is 6.07. The number of nitrogens with one attached hydrogen (secondary N) is 1. The van der Waals surface area contributed by atoms with Crippen LogP contribution in [0, 0.1) is 0 Å². The molecule has 8 nitrogen and oxygen atoms in total. The van der Waals surface area contributed by atoms with Gasteiger partial charge in [0, 0.05) is 13.1 Å². The van der Waals surface area contributed by atoms with Crippen molar-refractivity contribution in [2.75, 3.05) is 22.7 Å². The van der Waals surface area contributed by atoms with Crippen molar-refractivity contribution in [1.82, 2.24) is 0 Å². The zero-order chi connectivity index (χ0) is 22.5. The molecule has 0 saturated carbocycles. The summed E-state index contributed by atoms with van der Waals surface area (Å²) in [6.07, 6.45) is -3.00. The van der Waals surface area contributed by atoms with Crippen molar-refractivity contribution in [3.8, 4) is 0 Å². The third-order valence-electron chi connectivity index (χ3n) is 3.94. The topological polar surface area (TPSA) is 124 Å². The highest BCUT2D eigenvalue weighted by Crippen LogP contribution is 2.32. The maximum absolute atomic E-state index is 12.4. The molecule has 1 aliphatic heterocycles. The van der Waals surface area contributed by atoms with Gasteiger partial charge in [-0.2, -0.15) is 13.2 Å². The van der Waals surface area contributed by atoms with Crippen LogP contribution in [0.5, 0.6) is 0 Å². The van der Waals surface area contributed by atoms with Gasteiger partial charge in [0.05, 0.1) is 16.9 Å². The standard InChI is InChI=1S/C15H16N2O4S2.C2HF3O2/c18-15(19)11-5-6-13(17-7-1-2-8-17)12(10-11)16-23(20,21)14-4-3-9-22-14;3-2(4,5)1(6)7/h3-6,9-10,16H,1-2,7-8H2,(H,18,19);(H,6,7). The summed E-state index contributed by atoms with van der Waals surface area (Å²) in [4.78, 5) is 22.2. The maximum Gasteiger partial charge on any atom is 0.490 e. The Labute approximate surface area is 173 Å². The van der Waals surface area contributed by atoms with Crippen molar-refractivity contribution < 1.29 is 41.4 Å². The molecule has 0 unspecified atom stereocenters. The van der Waals surface area contributed by atoms with Crippen molar-refractivity contribution in [2.45, 2.75) is 23.2 Å². The molecule has 0 aliphatic carbocycles. The van der Waals surface area contributed by atoms with Crippen LogP contribution in [0.1, 0.15) is 23.2 Å². The van der Waals surface area contributed by atoms with Gasteiger partial charge >= 0.3 is 18.1 Å². The highest BCUT2D eigenvalue weighted by atomic mass is 32.2. The van der Waals surface area contributed by atoms with E-state index in [0.717, 1.165) is 37.3 Å². The smallest absolute Gasteiger partial charge is 0.478 e. The first-order valence-electron chi connectivity index (χ1n) is 8.40. The quantitative estimate of drug-likeness (QED) is 0.616. The molecule has 1 fully saturated rings. The highest BCUT2D eigenvalue weighted by molar-refractivity contribution is 7.94. The molecule has 30 heavy (non-hydrogen) atoms. The van der Waals surface area contributed by atoms with Gasteiger partial charge in [0.2, 0.25) is 0 Å². The molecule has 0 amide bonds. The van der Waals surface area contributed by atoms with Crippen LogP contribution >= 0.6 is 11.3 Å². The van der Waals surface area contributed by atoms with E-state index in [1.54, 1.807) is 17.5 Å². The van der Waals surface area contributed by atoms with Crippen molar-refractivity contribution in [3.05, 3.63) is 41.3 Å². The van der Waals surface area contributed by atoms with Gasteiger partial charge < -0.3 is 15.1 Å². The normalized spacial score (nSPS) is 14.0. The van der Waals surface area contributed by atoms with E-state index in [9.17, 15) is 26.4 Å². The number of carboxylic acids is 2. The number of hydrogen-bond acceptors (Lipinski definition) is 6. The van der Waals surface area contributed by atoms with Crippen LogP contribution in [0.15, 0.2) is 39.9 Å². The third-order valence-corrected chi connectivity index (χ3v) is 6.70. The predicted octanol–water partition coefficient (Wildman–Crippen LogP) is 3.48. The minimum atomic E-state index is -5.08. The summed E-state index contributed by atoms with van der Waals surface area (Å²) >= 11 is 1.12. The predicted molar refractivity (Wildman–Crippen MR) is 104 cm³/mol. The number of nitrogens with zero attached hydrogens (tertiary/aromatic N) is 1. The fourth-order valence-electron chi connectivity index (χ4n) is 2.60. The zero-order valence-corrected chi connectivity index (χ0v) is 16.9. The Hall–Kier alpha value is -2.80. The number of alkyl halides is 3. The second kappa shape index (κ2) is 9.34. The number of carboxylic acid groups (broad SMARTS) is 2. The lowest BCUT2D eigenvalue weighted by atomic mass is 10.1. The molecular weight excluding hydrogens is 449 g/mol. The van der Waals surface area contributed by atoms with Crippen molar-refractivity contribution in [3.63, 3.8) is 0 Å². The van der Waals surface area contributed by atoms with E-state index in [2.05, 4.69) is 9.62 Å². The number of aliphatic carboxylic acids is 1. The monoisotopic (exact) mass is 466 g/mol. The number of sulfonamides is 1. The summed E-state index contributed by atoms with van der Waals surface area (Å²) in [5, 5.41) is 18.0. The molecular formula is C17H17F3N2O6S2. The van der Waals surface area contributed by atoms with Gasteiger partial charge in [-0.15, -0.1) is 11.3 Å². The molecule has 0 radical (unpaired) electrons. The molecule has 1 aromatic heterocycles. The molecule has 1 saturated heterocycles. The van der Waals surface area contributed by atoms with E-state index in [4.69, 9.17) is 15.0 Å². The van der Waals surface area contributed by atoms with Crippen LogP contribution in [0.2, 0.25) is 0 Å². The Bertz CT molecular complexity index is 1000. The van der Waals surface area contributed by atoms with Gasteiger partial charge in [0.1, 0.15) is 4.21 Å². The summed E-state index contributed by atoms with van der Waals surface area (Å²) < 4.78 is 59.4. The molecule has 13 heteroatoms. The fourth-order valence-corrected chi connectivity index (χ4v) is 4.65. The number of halogens is 3. The van der Waals surface area contributed by atoms with E-state index in [-0.39, 0.29) is 9.77 Å². The van der Waals surface area contributed by atoms with Crippen LogP contribution < -0.4 is 9.62 Å². The lowest BCUT2D eigenvalue weighted by Crippen LogP contribution is -2.21. The summed E-state index contributed by atoms with van der Waals surface area (Å²) in [7, 11) is -3.72. The lowest BCUT2D eigenvalue weighted by molar-refractivity contribution is -0.192. The summed E-state index contributed by atoms with van der Waals surface area (Å²) in [5.74, 6) is -3.85. The van der Waals surface area contributed by atoms with Gasteiger partial charge in [-0.3, -0.25) is 4.72 Å². The van der Waals surface area contributed by atoms with E-state index >= 15 is 0 Å². The van der Waals surface area contributed by atoms with Crippen LogP contribution in [0.25, 0.3) is 0 Å². The lowest BCUT2D eigenvalue weighted by Gasteiger charge is -2.22. The average molecular weight is 466 g/mol. The maximum atomic E-state index is 12.4. The molecule has 2 aromatic rings. The number of thiophene rings is 1. The first kappa shape index (κ1) is 23.5. The summed E-state index contributed by atoms with van der Waals surface area (Å²) in [6.45, 7) is 1.67. The van der Waals surface area contributed by atoms with Crippen molar-refractivity contribution in [2.24, 2.45) is 0 Å². The van der Waals surface area contributed by atoms with Gasteiger partial charge in [-0.05, 0) is 42.5 Å². The minimum Gasteiger partial charge on any atom is -0.478 e. The molecule has 0 bridgehead atoms. The van der Waals surface area contributed by atoms with E-state index in [1.165, 1.54) is 18.2 Å². The Morgan fingerprint density at radius 2 is 1.70 bits per heavy atom. The van der Waals surface area contributed by atoms with Crippen LogP contribution in [0.4, 0.5) is 24.5 Å². The molecule has 2 heterocycles. The molecule has 3 rings (SSSR count). The van der Waals surface area contributed by atoms with Gasteiger partial charge in [0.25, 0.3) is 10.0 Å². The Balaban J connectivity index is 0.000000396. The molecule has 3 N–H and O–H groups in total. The van der Waals surface area contributed by atoms with E-state index < -0.39 is 28.1 Å². The fraction of sp³-hybridized carbons (Fsp3) is 0.294. The first-order chi connectivity index (χ1) is 13.9. The van der Waals surface area contributed by atoms with Crippen LogP contribution in [-0.4, -0.2) is 49.8 Å². The molecule has 1 aromatic carbocycles. The van der Waals surface area contributed by atoms with E-state index in [0.29, 0.717) is 11.4 Å². The van der Waals surface area contributed by atoms with Crippen LogP contribution in [0.3, 0.4) is 0 Å². The Kier molecular flexibility index (Phi) is 7.31. The average Bonchev–Trinajstić information content (AvgIpc) is 3.35. The molecule has 0 atom stereocenters. The number of rotatable bonds is 5. The largest absolute Gasteiger partial charge is 0.490 e. The Morgan fingerprint density at radius 3 is 2.17 bits per heavy atom. The number of benzene rings is 1. The van der Waals surface area contributed by atoms with Gasteiger partial charge in [0.15, 0.2) is 0 Å². The molecule has 0 spiro atoms. The Morgan fingerprint density at radius 1 is 1.10 bits per heavy atom. The molecule has 164 valence electrons. The number of carbonyl (C=O) groups is 2. The summed E-state index contributed by atoms with van der Waals surface area (Å²) in [6, 6.07) is 7.72. The first-order valence-corrected chi connectivity index (χ1v) is 10.8. The number of hydrogen-bond donors (Lipinski definition) is 3. The minimum absolute atomic E-state index is 0.0526. The SMILES string of the molecule is O=C(O)C(F)(F)F.O=C(O)c1ccc(N2CCCC2)c(NS(=O)(=O)c2cccs2)c1. The van der Waals surface area contributed by atoms with E-state index in [1.807, 2.05) is 0 Å². The summed E-state index contributed by atoms with van der Waals surface area (Å²) in [5.41, 5.74) is 1.07. The number of anilines is 2. The van der Waals surface area contributed by atoms with Crippen molar-refractivity contribution >= 4 is 44.7 Å².